The number of sulfone groups is 1. The van der Waals surface area contributed by atoms with Crippen LogP contribution in [0.15, 0.2) is 64.0 Å². The fourth-order valence-corrected chi connectivity index (χ4v) is 5.09. The normalized spacial score (nSPS) is 20.2. The molecular weight excluding hydrogens is 354 g/mol. The van der Waals surface area contributed by atoms with E-state index in [9.17, 15) is 18.3 Å². The largest absolute Gasteiger partial charge is 0.497 e. The van der Waals surface area contributed by atoms with Gasteiger partial charge >= 0.3 is 5.97 Å². The molecular formula is C19H15NO5S. The van der Waals surface area contributed by atoms with Gasteiger partial charge < -0.3 is 9.84 Å². The second-order valence-corrected chi connectivity index (χ2v) is 8.07. The van der Waals surface area contributed by atoms with Crippen molar-refractivity contribution in [3.63, 3.8) is 0 Å². The summed E-state index contributed by atoms with van der Waals surface area (Å²) < 4.78 is 30.7. The predicted molar refractivity (Wildman–Crippen MR) is 96.2 cm³/mol. The van der Waals surface area contributed by atoms with Gasteiger partial charge in [0.05, 0.1) is 17.8 Å². The zero-order valence-electron chi connectivity index (χ0n) is 13.8. The minimum atomic E-state index is -3.68. The number of benzene rings is 2. The SMILES string of the molecule is COc1ccc2c(c1)S(=O)(=O)CC1=C2C(c2ccccc2)N=C1C(=O)O. The van der Waals surface area contributed by atoms with Crippen LogP contribution in [0.4, 0.5) is 0 Å². The predicted octanol–water partition coefficient (Wildman–Crippen LogP) is 2.52. The van der Waals surface area contributed by atoms with Gasteiger partial charge in [0, 0.05) is 5.57 Å². The zero-order valence-corrected chi connectivity index (χ0v) is 14.7. The molecule has 26 heavy (non-hydrogen) atoms. The van der Waals surface area contributed by atoms with Crippen LogP contribution < -0.4 is 4.74 Å². The highest BCUT2D eigenvalue weighted by molar-refractivity contribution is 7.91. The average Bonchev–Trinajstić information content (AvgIpc) is 3.01. The maximum atomic E-state index is 12.8. The van der Waals surface area contributed by atoms with Crippen LogP contribution in [0.2, 0.25) is 0 Å². The molecule has 0 radical (unpaired) electrons. The number of hydrogen-bond acceptors (Lipinski definition) is 5. The molecule has 6 nitrogen and oxygen atoms in total. The van der Waals surface area contributed by atoms with Gasteiger partial charge in [-0.1, -0.05) is 30.3 Å². The lowest BCUT2D eigenvalue weighted by Crippen LogP contribution is -2.24. The molecule has 2 aliphatic heterocycles. The third-order valence-corrected chi connectivity index (χ3v) is 6.29. The van der Waals surface area contributed by atoms with Gasteiger partial charge in [-0.15, -0.1) is 0 Å². The number of aliphatic imine (C=N–C) groups is 1. The molecule has 0 saturated heterocycles. The van der Waals surface area contributed by atoms with Crippen LogP contribution in [0.1, 0.15) is 17.2 Å². The van der Waals surface area contributed by atoms with Crippen LogP contribution in [-0.4, -0.2) is 38.1 Å². The Bertz CT molecular complexity index is 1080. The molecule has 0 saturated carbocycles. The van der Waals surface area contributed by atoms with E-state index in [1.165, 1.54) is 13.2 Å². The van der Waals surface area contributed by atoms with Crippen LogP contribution in [0.3, 0.4) is 0 Å². The molecule has 2 aromatic rings. The number of fused-ring (bicyclic) bond motifs is 2. The lowest BCUT2D eigenvalue weighted by atomic mass is 9.90. The molecule has 2 aliphatic rings. The van der Waals surface area contributed by atoms with E-state index in [2.05, 4.69) is 4.99 Å². The number of nitrogens with zero attached hydrogens (tertiary/aromatic N) is 1. The summed E-state index contributed by atoms with van der Waals surface area (Å²) in [7, 11) is -2.21. The minimum absolute atomic E-state index is 0.151. The number of carboxylic acids is 1. The fraction of sp³-hybridized carbons (Fsp3) is 0.158. The van der Waals surface area contributed by atoms with Gasteiger partial charge in [-0.25, -0.2) is 13.2 Å². The molecule has 132 valence electrons. The summed E-state index contributed by atoms with van der Waals surface area (Å²) in [5.74, 6) is -1.16. The summed E-state index contributed by atoms with van der Waals surface area (Å²) in [4.78, 5) is 16.2. The maximum absolute atomic E-state index is 12.8. The van der Waals surface area contributed by atoms with E-state index in [1.807, 2.05) is 30.3 Å². The molecule has 1 N–H and O–H groups in total. The van der Waals surface area contributed by atoms with Crippen LogP contribution >= 0.6 is 0 Å². The van der Waals surface area contributed by atoms with E-state index in [-0.39, 0.29) is 21.9 Å². The lowest BCUT2D eigenvalue weighted by Gasteiger charge is -2.23. The van der Waals surface area contributed by atoms with Gasteiger partial charge in [0.25, 0.3) is 0 Å². The van der Waals surface area contributed by atoms with Crippen molar-refractivity contribution >= 4 is 27.1 Å². The zero-order chi connectivity index (χ0) is 18.5. The van der Waals surface area contributed by atoms with Crippen molar-refractivity contribution in [1.82, 2.24) is 0 Å². The molecule has 0 aliphatic carbocycles. The molecule has 0 bridgehead atoms. The number of carboxylic acid groups (broad SMARTS) is 1. The van der Waals surface area contributed by atoms with E-state index < -0.39 is 21.8 Å². The van der Waals surface area contributed by atoms with Gasteiger partial charge in [-0.2, -0.15) is 0 Å². The van der Waals surface area contributed by atoms with E-state index in [4.69, 9.17) is 4.74 Å². The summed E-state index contributed by atoms with van der Waals surface area (Å²) in [5.41, 5.74) is 2.03. The molecule has 0 amide bonds. The van der Waals surface area contributed by atoms with Gasteiger partial charge in [-0.3, -0.25) is 4.99 Å². The Morgan fingerprint density at radius 2 is 1.92 bits per heavy atom. The minimum Gasteiger partial charge on any atom is -0.497 e. The van der Waals surface area contributed by atoms with E-state index in [0.717, 1.165) is 5.56 Å². The first kappa shape index (κ1) is 16.5. The smallest absolute Gasteiger partial charge is 0.354 e. The van der Waals surface area contributed by atoms with Crippen molar-refractivity contribution < 1.29 is 23.1 Å². The van der Waals surface area contributed by atoms with Gasteiger partial charge in [0.1, 0.15) is 17.5 Å². The van der Waals surface area contributed by atoms with Crippen LogP contribution in [-0.2, 0) is 14.6 Å². The summed E-state index contributed by atoms with van der Waals surface area (Å²) in [6, 6.07) is 13.5. The highest BCUT2D eigenvalue weighted by Crippen LogP contribution is 2.47. The van der Waals surface area contributed by atoms with Crippen molar-refractivity contribution in [1.29, 1.82) is 0 Å². The molecule has 4 rings (SSSR count). The van der Waals surface area contributed by atoms with Gasteiger partial charge in [0.15, 0.2) is 9.84 Å². The Morgan fingerprint density at radius 3 is 2.58 bits per heavy atom. The third-order valence-electron chi connectivity index (χ3n) is 4.61. The Kier molecular flexibility index (Phi) is 3.69. The van der Waals surface area contributed by atoms with Gasteiger partial charge in [-0.05, 0) is 34.9 Å². The molecule has 0 aromatic heterocycles. The summed E-state index contributed by atoms with van der Waals surface area (Å²) in [5, 5.41) is 9.54. The highest BCUT2D eigenvalue weighted by Gasteiger charge is 2.41. The highest BCUT2D eigenvalue weighted by atomic mass is 32.2. The number of hydrogen-bond donors (Lipinski definition) is 1. The van der Waals surface area contributed by atoms with Crippen molar-refractivity contribution in [3.8, 4) is 5.75 Å². The molecule has 0 spiro atoms. The van der Waals surface area contributed by atoms with Crippen LogP contribution in [0.25, 0.3) is 5.57 Å². The molecule has 2 aromatic carbocycles. The van der Waals surface area contributed by atoms with Gasteiger partial charge in [0.2, 0.25) is 0 Å². The monoisotopic (exact) mass is 369 g/mol. The topological polar surface area (TPSA) is 93.0 Å². The Morgan fingerprint density at radius 1 is 1.19 bits per heavy atom. The molecule has 1 unspecified atom stereocenters. The summed E-state index contributed by atoms with van der Waals surface area (Å²) in [6.45, 7) is 0. The Labute approximate surface area is 150 Å². The molecule has 2 heterocycles. The first-order chi connectivity index (χ1) is 12.4. The molecule has 0 fully saturated rings. The Balaban J connectivity index is 2.00. The molecule has 7 heteroatoms. The first-order valence-corrected chi connectivity index (χ1v) is 9.58. The average molecular weight is 369 g/mol. The lowest BCUT2D eigenvalue weighted by molar-refractivity contribution is -0.129. The van der Waals surface area contributed by atoms with Crippen molar-refractivity contribution in [2.24, 2.45) is 4.99 Å². The summed E-state index contributed by atoms with van der Waals surface area (Å²) >= 11 is 0. The number of methoxy groups -OCH3 is 1. The van der Waals surface area contributed by atoms with Crippen LogP contribution in [0, 0.1) is 0 Å². The van der Waals surface area contributed by atoms with E-state index in [0.29, 0.717) is 16.9 Å². The van der Waals surface area contributed by atoms with Crippen molar-refractivity contribution in [2.45, 2.75) is 10.9 Å². The number of ether oxygens (including phenoxy) is 1. The van der Waals surface area contributed by atoms with Crippen molar-refractivity contribution in [2.75, 3.05) is 12.9 Å². The number of carbonyl (C=O) groups is 1. The second kappa shape index (κ2) is 5.81. The molecule has 1 atom stereocenters. The summed E-state index contributed by atoms with van der Waals surface area (Å²) in [6.07, 6.45) is 0. The first-order valence-electron chi connectivity index (χ1n) is 7.93. The van der Waals surface area contributed by atoms with E-state index >= 15 is 0 Å². The van der Waals surface area contributed by atoms with Crippen LogP contribution in [0.5, 0.6) is 5.75 Å². The van der Waals surface area contributed by atoms with Crippen molar-refractivity contribution in [3.05, 3.63) is 65.2 Å². The number of aliphatic carboxylic acids is 1. The quantitative estimate of drug-likeness (QED) is 0.897. The van der Waals surface area contributed by atoms with E-state index in [1.54, 1.807) is 12.1 Å². The number of rotatable bonds is 3. The third kappa shape index (κ3) is 2.43. The maximum Gasteiger partial charge on any atom is 0.354 e. The Hall–Kier alpha value is -2.93. The standard InChI is InChI=1S/C19H15NO5S/c1-25-12-7-8-13-15(9-12)26(23,24)10-14-16(13)17(20-18(14)19(21)22)11-5-3-2-4-6-11/h2-9,17H,10H2,1H3,(H,21,22). The second-order valence-electron chi connectivity index (χ2n) is 6.11. The fourth-order valence-electron chi connectivity index (χ4n) is 3.46.